The van der Waals surface area contributed by atoms with Crippen LogP contribution in [-0.4, -0.2) is 25.8 Å². The third-order valence-electron chi connectivity index (χ3n) is 3.98. The minimum absolute atomic E-state index is 0.0893. The Balaban J connectivity index is 2.05. The fourth-order valence-corrected chi connectivity index (χ4v) is 4.46. The Morgan fingerprint density at radius 3 is 2.50 bits per heavy atom. The zero-order valence-electron chi connectivity index (χ0n) is 11.9. The first-order valence-corrected chi connectivity index (χ1v) is 9.31. The highest BCUT2D eigenvalue weighted by Crippen LogP contribution is 2.23. The zero-order chi connectivity index (χ0) is 14.6. The van der Waals surface area contributed by atoms with E-state index < -0.39 is 10.0 Å². The van der Waals surface area contributed by atoms with Crippen LogP contribution >= 0.6 is 11.6 Å². The van der Waals surface area contributed by atoms with Crippen molar-refractivity contribution in [1.29, 1.82) is 0 Å². The third kappa shape index (κ3) is 3.96. The lowest BCUT2D eigenvalue weighted by atomic mass is 9.97. The molecule has 0 aliphatic carbocycles. The standard InChI is InChI=1S/C15H22ClNO2S/c1-2-13-4-3-9-17(11-13)20(18,19)12-15-7-5-14(10-16)6-8-15/h5-8,13H,2-4,9-12H2,1H3. The van der Waals surface area contributed by atoms with E-state index >= 15 is 0 Å². The summed E-state index contributed by atoms with van der Waals surface area (Å²) in [7, 11) is -3.20. The van der Waals surface area contributed by atoms with Gasteiger partial charge >= 0.3 is 0 Å². The van der Waals surface area contributed by atoms with Gasteiger partial charge in [0.05, 0.1) is 5.75 Å². The van der Waals surface area contributed by atoms with Crippen LogP contribution in [-0.2, 0) is 21.7 Å². The van der Waals surface area contributed by atoms with E-state index in [1.165, 1.54) is 0 Å². The summed E-state index contributed by atoms with van der Waals surface area (Å²) < 4.78 is 26.6. The molecule has 0 aromatic heterocycles. The third-order valence-corrected chi connectivity index (χ3v) is 6.10. The number of nitrogens with zero attached hydrogens (tertiary/aromatic N) is 1. The molecule has 2 rings (SSSR count). The Kier molecular flexibility index (Phi) is 5.47. The lowest BCUT2D eigenvalue weighted by Crippen LogP contribution is -2.40. The summed E-state index contributed by atoms with van der Waals surface area (Å²) in [6.07, 6.45) is 3.17. The average Bonchev–Trinajstić information content (AvgIpc) is 2.48. The van der Waals surface area contributed by atoms with Crippen molar-refractivity contribution in [1.82, 2.24) is 4.31 Å². The van der Waals surface area contributed by atoms with E-state index in [-0.39, 0.29) is 5.75 Å². The number of piperidine rings is 1. The van der Waals surface area contributed by atoms with E-state index in [9.17, 15) is 8.42 Å². The maximum absolute atomic E-state index is 12.5. The summed E-state index contributed by atoms with van der Waals surface area (Å²) in [5.74, 6) is 1.06. The van der Waals surface area contributed by atoms with Crippen molar-refractivity contribution in [3.05, 3.63) is 35.4 Å². The molecule has 1 aliphatic rings. The molecule has 20 heavy (non-hydrogen) atoms. The molecule has 1 saturated heterocycles. The molecule has 0 bridgehead atoms. The minimum atomic E-state index is -3.20. The van der Waals surface area contributed by atoms with Gasteiger partial charge in [0.25, 0.3) is 0 Å². The van der Waals surface area contributed by atoms with Crippen LogP contribution in [0.25, 0.3) is 0 Å². The highest BCUT2D eigenvalue weighted by molar-refractivity contribution is 7.88. The van der Waals surface area contributed by atoms with Crippen LogP contribution in [0.5, 0.6) is 0 Å². The van der Waals surface area contributed by atoms with Crippen LogP contribution in [0.4, 0.5) is 0 Å². The summed E-state index contributed by atoms with van der Waals surface area (Å²) >= 11 is 5.74. The number of hydrogen-bond donors (Lipinski definition) is 0. The molecule has 1 fully saturated rings. The quantitative estimate of drug-likeness (QED) is 0.781. The summed E-state index contributed by atoms with van der Waals surface area (Å²) in [4.78, 5) is 0. The number of rotatable bonds is 5. The maximum Gasteiger partial charge on any atom is 0.218 e. The molecule has 1 aromatic rings. The van der Waals surface area contributed by atoms with Gasteiger partial charge in [-0.1, -0.05) is 37.6 Å². The fourth-order valence-electron chi connectivity index (χ4n) is 2.64. The lowest BCUT2D eigenvalue weighted by Gasteiger charge is -2.31. The van der Waals surface area contributed by atoms with Gasteiger partial charge in [-0.2, -0.15) is 0 Å². The van der Waals surface area contributed by atoms with Crippen LogP contribution in [0.2, 0.25) is 0 Å². The topological polar surface area (TPSA) is 37.4 Å². The molecule has 1 atom stereocenters. The van der Waals surface area contributed by atoms with Crippen molar-refractivity contribution < 1.29 is 8.42 Å². The summed E-state index contributed by atoms with van der Waals surface area (Å²) in [5, 5.41) is 0. The van der Waals surface area contributed by atoms with Gasteiger partial charge in [0.15, 0.2) is 0 Å². The van der Waals surface area contributed by atoms with Gasteiger partial charge in [-0.05, 0) is 29.9 Å². The Morgan fingerprint density at radius 1 is 1.25 bits per heavy atom. The first-order chi connectivity index (χ1) is 9.55. The predicted molar refractivity (Wildman–Crippen MR) is 83.2 cm³/mol. The van der Waals surface area contributed by atoms with E-state index in [1.54, 1.807) is 4.31 Å². The second kappa shape index (κ2) is 6.92. The first kappa shape index (κ1) is 15.8. The fraction of sp³-hybridized carbons (Fsp3) is 0.600. The van der Waals surface area contributed by atoms with Crippen LogP contribution in [0.3, 0.4) is 0 Å². The van der Waals surface area contributed by atoms with E-state index in [0.717, 1.165) is 30.4 Å². The predicted octanol–water partition coefficient (Wildman–Crippen LogP) is 3.38. The molecular weight excluding hydrogens is 294 g/mol. The van der Waals surface area contributed by atoms with Crippen LogP contribution < -0.4 is 0 Å². The van der Waals surface area contributed by atoms with E-state index in [4.69, 9.17) is 11.6 Å². The minimum Gasteiger partial charge on any atom is -0.212 e. The number of sulfonamides is 1. The van der Waals surface area contributed by atoms with E-state index in [1.807, 2.05) is 24.3 Å². The molecule has 1 aliphatic heterocycles. The maximum atomic E-state index is 12.5. The van der Waals surface area contributed by atoms with Crippen molar-refractivity contribution >= 4 is 21.6 Å². The molecule has 0 radical (unpaired) electrons. The van der Waals surface area contributed by atoms with Gasteiger partial charge in [0, 0.05) is 19.0 Å². The van der Waals surface area contributed by atoms with Crippen molar-refractivity contribution in [3.63, 3.8) is 0 Å². The summed E-state index contributed by atoms with van der Waals surface area (Å²) in [5.41, 5.74) is 1.84. The van der Waals surface area contributed by atoms with Gasteiger partial charge in [-0.15, -0.1) is 11.6 Å². The molecule has 0 N–H and O–H groups in total. The van der Waals surface area contributed by atoms with Crippen LogP contribution in [0, 0.1) is 5.92 Å². The molecule has 0 amide bonds. The van der Waals surface area contributed by atoms with Gasteiger partial charge in [0.1, 0.15) is 0 Å². The second-order valence-electron chi connectivity index (χ2n) is 5.48. The largest absolute Gasteiger partial charge is 0.218 e. The van der Waals surface area contributed by atoms with Crippen molar-refractivity contribution in [2.24, 2.45) is 5.92 Å². The lowest BCUT2D eigenvalue weighted by molar-refractivity contribution is 0.261. The van der Waals surface area contributed by atoms with Gasteiger partial charge in [-0.3, -0.25) is 0 Å². The summed E-state index contributed by atoms with van der Waals surface area (Å²) in [6.45, 7) is 3.48. The normalized spacial score (nSPS) is 21.0. The van der Waals surface area contributed by atoms with Gasteiger partial charge in [0.2, 0.25) is 10.0 Å². The van der Waals surface area contributed by atoms with Crippen LogP contribution in [0.15, 0.2) is 24.3 Å². The number of hydrogen-bond acceptors (Lipinski definition) is 2. The van der Waals surface area contributed by atoms with E-state index in [0.29, 0.717) is 24.9 Å². The molecule has 1 heterocycles. The number of halogens is 1. The van der Waals surface area contributed by atoms with Crippen molar-refractivity contribution in [2.45, 2.75) is 37.8 Å². The van der Waals surface area contributed by atoms with E-state index in [2.05, 4.69) is 6.92 Å². The average molecular weight is 316 g/mol. The summed E-state index contributed by atoms with van der Waals surface area (Å²) in [6, 6.07) is 7.50. The number of alkyl halides is 1. The highest BCUT2D eigenvalue weighted by Gasteiger charge is 2.28. The Labute approximate surface area is 127 Å². The molecule has 1 aromatic carbocycles. The Hall–Kier alpha value is -0.580. The van der Waals surface area contributed by atoms with Gasteiger partial charge in [-0.25, -0.2) is 12.7 Å². The Bertz CT molecular complexity index is 527. The van der Waals surface area contributed by atoms with Crippen LogP contribution in [0.1, 0.15) is 37.3 Å². The smallest absolute Gasteiger partial charge is 0.212 e. The monoisotopic (exact) mass is 315 g/mol. The Morgan fingerprint density at radius 2 is 1.90 bits per heavy atom. The van der Waals surface area contributed by atoms with Crippen molar-refractivity contribution in [2.75, 3.05) is 13.1 Å². The van der Waals surface area contributed by atoms with Crippen molar-refractivity contribution in [3.8, 4) is 0 Å². The molecular formula is C15H22ClNO2S. The van der Waals surface area contributed by atoms with Gasteiger partial charge < -0.3 is 0 Å². The first-order valence-electron chi connectivity index (χ1n) is 7.16. The molecule has 1 unspecified atom stereocenters. The molecule has 0 saturated carbocycles. The zero-order valence-corrected chi connectivity index (χ0v) is 13.5. The highest BCUT2D eigenvalue weighted by atomic mass is 35.5. The second-order valence-corrected chi connectivity index (χ2v) is 7.72. The molecule has 0 spiro atoms. The molecule has 112 valence electrons. The molecule has 5 heteroatoms. The SMILES string of the molecule is CCC1CCCN(S(=O)(=O)Cc2ccc(CCl)cc2)C1. The number of benzene rings is 1. The molecule has 3 nitrogen and oxygen atoms in total.